The predicted molar refractivity (Wildman–Crippen MR) is 221 cm³/mol. The van der Waals surface area contributed by atoms with Crippen molar-refractivity contribution in [3.05, 3.63) is 118 Å². The lowest BCUT2D eigenvalue weighted by atomic mass is 10.2. The number of benzene rings is 4. The Labute approximate surface area is 333 Å². The van der Waals surface area contributed by atoms with E-state index in [2.05, 4.69) is 77.8 Å². The topological polar surface area (TPSA) is 213 Å². The van der Waals surface area contributed by atoms with Crippen LogP contribution in [0.3, 0.4) is 0 Å². The van der Waals surface area contributed by atoms with Gasteiger partial charge in [0, 0.05) is 12.4 Å². The van der Waals surface area contributed by atoms with Crippen LogP contribution >= 0.6 is 31.9 Å². The minimum Gasteiger partial charge on any atom is -0.506 e. The van der Waals surface area contributed by atoms with Crippen LogP contribution in [-0.2, 0) is 20.0 Å². The summed E-state index contributed by atoms with van der Waals surface area (Å²) in [7, 11) is -7.04. The average molecular weight is 913 g/mol. The Morgan fingerprint density at radius 3 is 1.75 bits per heavy atom. The summed E-state index contributed by atoms with van der Waals surface area (Å²) in [5.41, 5.74) is 1.70. The van der Waals surface area contributed by atoms with E-state index in [1.54, 1.807) is 73.8 Å². The smallest absolute Gasteiger partial charge is 0.252 e. The van der Waals surface area contributed by atoms with Crippen molar-refractivity contribution in [2.24, 2.45) is 0 Å². The van der Waals surface area contributed by atoms with Crippen molar-refractivity contribution in [1.82, 2.24) is 19.9 Å². The number of aromatic hydroxyl groups is 1. The van der Waals surface area contributed by atoms with Gasteiger partial charge in [0.15, 0.2) is 5.88 Å². The highest BCUT2D eigenvalue weighted by molar-refractivity contribution is 9.11. The first-order chi connectivity index (χ1) is 26.3. The lowest BCUT2D eigenvalue weighted by molar-refractivity contribution is 0.417. The molecule has 0 bridgehead atoms. The van der Waals surface area contributed by atoms with Crippen LogP contribution in [0.1, 0.15) is 0 Å². The van der Waals surface area contributed by atoms with E-state index < -0.39 is 25.9 Å². The fourth-order valence-corrected chi connectivity index (χ4v) is 8.33. The number of rotatable bonds is 15. The molecule has 0 atom stereocenters. The van der Waals surface area contributed by atoms with Crippen LogP contribution in [0.4, 0.5) is 57.7 Å². The number of aromatic nitrogens is 4. The summed E-state index contributed by atoms with van der Waals surface area (Å²) in [5, 5.41) is 22.4. The summed E-state index contributed by atoms with van der Waals surface area (Å²) in [6.07, 6.45) is 3.90. The van der Waals surface area contributed by atoms with E-state index in [1.807, 2.05) is 12.1 Å². The molecular weight excluding hydrogens is 880 g/mol. The summed E-state index contributed by atoms with van der Waals surface area (Å²) in [4.78, 5) is 17.5. The average Bonchev–Trinajstić information content (AvgIpc) is 3.15. The van der Waals surface area contributed by atoms with Crippen molar-refractivity contribution in [1.29, 1.82) is 0 Å². The molecule has 20 heteroatoms. The molecule has 2 aromatic heterocycles. The maximum absolute atomic E-state index is 13.8. The molecule has 2 heterocycles. The van der Waals surface area contributed by atoms with E-state index in [0.29, 0.717) is 37.6 Å². The van der Waals surface area contributed by atoms with Crippen molar-refractivity contribution >= 4 is 110 Å². The van der Waals surface area contributed by atoms with Crippen LogP contribution in [0.2, 0.25) is 0 Å². The number of nitrogens with zero attached hydrogens (tertiary/aromatic N) is 5. The van der Waals surface area contributed by atoms with Crippen molar-refractivity contribution in [3.63, 3.8) is 0 Å². The third kappa shape index (κ3) is 9.89. The highest BCUT2D eigenvalue weighted by Crippen LogP contribution is 2.35. The fraction of sp³-hybridized carbons (Fsp3) is 0.0857. The van der Waals surface area contributed by atoms with Crippen molar-refractivity contribution in [2.75, 3.05) is 49.5 Å². The van der Waals surface area contributed by atoms with Crippen molar-refractivity contribution in [2.45, 2.75) is 0 Å². The number of para-hydroxylation sites is 8. The third-order valence-electron chi connectivity index (χ3n) is 7.55. The van der Waals surface area contributed by atoms with Crippen LogP contribution in [-0.4, -0.2) is 61.1 Å². The van der Waals surface area contributed by atoms with Gasteiger partial charge >= 0.3 is 0 Å². The Bertz CT molecular complexity index is 2570. The number of phenols is 1. The number of ether oxygens (including phenoxy) is 1. The molecular formula is C35H32Br2N10O6S2. The van der Waals surface area contributed by atoms with Gasteiger partial charge in [0.25, 0.3) is 10.0 Å². The number of phenolic OH excluding ortho intramolecular Hbond substituents is 1. The summed E-state index contributed by atoms with van der Waals surface area (Å²) in [6, 6.07) is 26.5. The van der Waals surface area contributed by atoms with E-state index in [4.69, 9.17) is 4.74 Å². The number of anilines is 10. The molecule has 0 spiro atoms. The van der Waals surface area contributed by atoms with Crippen molar-refractivity contribution in [3.8, 4) is 11.5 Å². The van der Waals surface area contributed by atoms with E-state index in [1.165, 1.54) is 30.6 Å². The van der Waals surface area contributed by atoms with Gasteiger partial charge in [-0.1, -0.05) is 48.5 Å². The lowest BCUT2D eigenvalue weighted by Crippen LogP contribution is -2.37. The zero-order chi connectivity index (χ0) is 39.2. The quantitative estimate of drug-likeness (QED) is 0.0547. The molecule has 0 unspecified atom stereocenters. The van der Waals surface area contributed by atoms with Gasteiger partial charge in [0.2, 0.25) is 21.9 Å². The highest BCUT2D eigenvalue weighted by Gasteiger charge is 2.28. The van der Waals surface area contributed by atoms with Gasteiger partial charge in [0.05, 0.1) is 56.4 Å². The van der Waals surface area contributed by atoms with Crippen LogP contribution in [0, 0.1) is 0 Å². The van der Waals surface area contributed by atoms with Crippen molar-refractivity contribution < 1.29 is 26.7 Å². The second kappa shape index (κ2) is 16.8. The molecule has 0 aliphatic carbocycles. The van der Waals surface area contributed by atoms with Gasteiger partial charge in [-0.25, -0.2) is 26.8 Å². The first kappa shape index (κ1) is 39.0. The van der Waals surface area contributed by atoms with Crippen LogP contribution in [0.5, 0.6) is 11.5 Å². The van der Waals surface area contributed by atoms with Crippen LogP contribution < -0.4 is 35.0 Å². The molecule has 0 aliphatic rings. The monoisotopic (exact) mass is 910 g/mol. The van der Waals surface area contributed by atoms with Gasteiger partial charge in [-0.05, 0) is 80.4 Å². The Morgan fingerprint density at radius 1 is 0.655 bits per heavy atom. The summed E-state index contributed by atoms with van der Waals surface area (Å²) in [6.45, 7) is 0. The second-order valence-electron chi connectivity index (χ2n) is 11.5. The number of halogens is 2. The van der Waals surface area contributed by atoms with Gasteiger partial charge in [-0.15, -0.1) is 0 Å². The molecule has 0 fully saturated rings. The standard InChI is InChI=1S/C35H32Br2N10O6S2/c1-53-31-18-10-7-15-28(31)43-35-39-19-22(36)32(44-35)40-24-11-3-4-12-25(24)46-55(51,52)21-47(54(2,49)50)29-16-8-5-13-26(29)41-33-23(37)20-38-34(45-33)42-27-14-6-9-17-30(27)48/h3-20,46,48H,21H2,1-2H3,(H2,38,41,42,45)(H2,39,40,43,44). The molecule has 6 rings (SSSR count). The highest BCUT2D eigenvalue weighted by atomic mass is 79.9. The summed E-state index contributed by atoms with van der Waals surface area (Å²) < 4.78 is 63.7. The molecule has 0 saturated carbocycles. The van der Waals surface area contributed by atoms with Crippen LogP contribution in [0.15, 0.2) is 118 Å². The maximum atomic E-state index is 13.8. The Hall–Kier alpha value is -5.70. The Balaban J connectivity index is 1.24. The SMILES string of the molecule is COc1ccccc1Nc1ncc(Br)c(Nc2ccccc2NS(=O)(=O)CN(c2ccccc2Nc2nc(Nc3ccccc3O)ncc2Br)S(C)(=O)=O)n1. The number of nitrogens with one attached hydrogen (secondary N) is 5. The molecule has 55 heavy (non-hydrogen) atoms. The second-order valence-corrected chi connectivity index (χ2v) is 16.8. The van der Waals surface area contributed by atoms with E-state index in [9.17, 15) is 21.9 Å². The minimum absolute atomic E-state index is 0.0144. The molecule has 0 radical (unpaired) electrons. The Kier molecular flexibility index (Phi) is 11.9. The first-order valence-corrected chi connectivity index (χ1v) is 21.1. The van der Waals surface area contributed by atoms with Gasteiger partial charge in [-0.3, -0.25) is 9.03 Å². The fourth-order valence-electron chi connectivity index (χ4n) is 5.03. The van der Waals surface area contributed by atoms with E-state index >= 15 is 0 Å². The maximum Gasteiger partial charge on any atom is 0.252 e. The summed E-state index contributed by atoms with van der Waals surface area (Å²) in [5.74, 6) is 0.494. The number of sulfonamides is 2. The molecule has 284 valence electrons. The number of hydrogen-bond acceptors (Lipinski definition) is 14. The zero-order valence-electron chi connectivity index (χ0n) is 28.9. The first-order valence-electron chi connectivity index (χ1n) is 16.0. The molecule has 6 N–H and O–H groups in total. The number of hydrogen-bond donors (Lipinski definition) is 6. The lowest BCUT2D eigenvalue weighted by Gasteiger charge is -2.25. The molecule has 6 aromatic rings. The summed E-state index contributed by atoms with van der Waals surface area (Å²) >= 11 is 6.85. The van der Waals surface area contributed by atoms with Crippen LogP contribution in [0.25, 0.3) is 0 Å². The Morgan fingerprint density at radius 2 is 1.15 bits per heavy atom. The van der Waals surface area contributed by atoms with E-state index in [-0.39, 0.29) is 40.5 Å². The van der Waals surface area contributed by atoms with Gasteiger partial charge < -0.3 is 31.1 Å². The molecule has 4 aromatic carbocycles. The molecule has 0 saturated heterocycles. The normalized spacial score (nSPS) is 11.3. The van der Waals surface area contributed by atoms with Gasteiger partial charge in [0.1, 0.15) is 23.1 Å². The zero-order valence-corrected chi connectivity index (χ0v) is 33.7. The van der Waals surface area contributed by atoms with E-state index in [0.717, 1.165) is 10.6 Å². The molecule has 0 aliphatic heterocycles. The third-order valence-corrected chi connectivity index (χ3v) is 11.1. The number of methoxy groups -OCH3 is 1. The molecule has 0 amide bonds. The molecule has 16 nitrogen and oxygen atoms in total. The van der Waals surface area contributed by atoms with Gasteiger partial charge in [-0.2, -0.15) is 9.97 Å². The minimum atomic E-state index is -4.40. The predicted octanol–water partition coefficient (Wildman–Crippen LogP) is 7.65. The largest absolute Gasteiger partial charge is 0.506 e.